The lowest BCUT2D eigenvalue weighted by molar-refractivity contribution is 0.0698. The maximum absolute atomic E-state index is 14.2. The first-order chi connectivity index (χ1) is 21.4. The molecule has 0 radical (unpaired) electrons. The summed E-state index contributed by atoms with van der Waals surface area (Å²) in [5.74, 6) is -5.15. The second kappa shape index (κ2) is 16.8. The van der Waals surface area contributed by atoms with Crippen LogP contribution in [0.4, 0.5) is 31.1 Å². The van der Waals surface area contributed by atoms with Gasteiger partial charge in [-0.1, -0.05) is 6.92 Å². The molecule has 1 aliphatic carbocycles. The summed E-state index contributed by atoms with van der Waals surface area (Å²) in [6, 6.07) is 6.19. The number of piperazine rings is 1. The molecule has 3 aromatic rings. The van der Waals surface area contributed by atoms with Gasteiger partial charge >= 0.3 is 6.09 Å². The van der Waals surface area contributed by atoms with E-state index in [4.69, 9.17) is 24.8 Å². The van der Waals surface area contributed by atoms with E-state index in [2.05, 4.69) is 5.32 Å². The number of rotatable bonds is 7. The number of amides is 1. The summed E-state index contributed by atoms with van der Waals surface area (Å²) >= 11 is 0. The molecule has 45 heavy (non-hydrogen) atoms. The second-order valence-corrected chi connectivity index (χ2v) is 10.3. The zero-order valence-corrected chi connectivity index (χ0v) is 24.3. The quantitative estimate of drug-likeness (QED) is 0.237. The van der Waals surface area contributed by atoms with Gasteiger partial charge in [0.2, 0.25) is 0 Å². The summed E-state index contributed by atoms with van der Waals surface area (Å²) in [6.45, 7) is 3.23. The lowest BCUT2D eigenvalue weighted by Crippen LogP contribution is -2.53. The molecule has 1 saturated heterocycles. The normalized spacial score (nSPS) is 15.7. The molecule has 0 unspecified atom stereocenters. The minimum absolute atomic E-state index is 0.0362. The van der Waals surface area contributed by atoms with Crippen LogP contribution in [0.5, 0.6) is 17.2 Å². The van der Waals surface area contributed by atoms with Gasteiger partial charge in [-0.2, -0.15) is 0 Å². The molecule has 0 bridgehead atoms. The molecule has 5 rings (SSSR count). The third-order valence-electron chi connectivity index (χ3n) is 6.82. The highest BCUT2D eigenvalue weighted by molar-refractivity contribution is 5.68. The van der Waals surface area contributed by atoms with Crippen LogP contribution in [0.1, 0.15) is 37.3 Å². The molecular weight excluding hydrogens is 610 g/mol. The van der Waals surface area contributed by atoms with Crippen LogP contribution >= 0.6 is 0 Å². The van der Waals surface area contributed by atoms with Crippen LogP contribution in [-0.4, -0.2) is 58.6 Å². The van der Waals surface area contributed by atoms with Gasteiger partial charge in [0, 0.05) is 73.7 Å². The van der Waals surface area contributed by atoms with E-state index in [0.29, 0.717) is 38.2 Å². The second-order valence-electron chi connectivity index (χ2n) is 10.3. The lowest BCUT2D eigenvalue weighted by Gasteiger charge is -2.34. The zero-order valence-electron chi connectivity index (χ0n) is 24.3. The minimum atomic E-state index is -0.940. The summed E-state index contributed by atoms with van der Waals surface area (Å²) in [5.41, 5.74) is -0.682. The predicted molar refractivity (Wildman–Crippen MR) is 150 cm³/mol. The van der Waals surface area contributed by atoms with Crippen molar-refractivity contribution in [3.05, 3.63) is 88.5 Å². The van der Waals surface area contributed by atoms with E-state index >= 15 is 0 Å². The van der Waals surface area contributed by atoms with Crippen LogP contribution < -0.4 is 10.1 Å². The standard InChI is InChI=1S/C18H24F2N2O3.C7H6F2O2.C6H4F2O/c1-2-13-9-21-5-6-22(13)18(23)25-11-15-16(19)7-14(8-17(15)20)24-10-12-3-4-12;8-6-1-4(11)2-7(9)5(6)3-10;7-4-1-5(8)3-6(9)2-4/h7-8,12-13,21H,2-6,9-11H2,1H3;1-2,10-11H,3H2;1-3,9H/t13-;;/m1../s1. The molecule has 4 N–H and O–H groups in total. The van der Waals surface area contributed by atoms with E-state index in [1.807, 2.05) is 6.92 Å². The van der Waals surface area contributed by atoms with Crippen molar-refractivity contribution >= 4 is 6.09 Å². The number of nitrogens with zero attached hydrogens (tertiary/aromatic N) is 1. The third kappa shape index (κ3) is 11.0. The summed E-state index contributed by atoms with van der Waals surface area (Å²) < 4.78 is 88.0. The van der Waals surface area contributed by atoms with E-state index in [1.54, 1.807) is 4.90 Å². The molecule has 1 heterocycles. The Bertz CT molecular complexity index is 1350. The van der Waals surface area contributed by atoms with Gasteiger partial charge in [0.25, 0.3) is 0 Å². The largest absolute Gasteiger partial charge is 0.508 e. The van der Waals surface area contributed by atoms with E-state index < -0.39 is 71.3 Å². The maximum atomic E-state index is 14.2. The molecule has 1 atom stereocenters. The molecular formula is C31H34F6N2O6. The van der Waals surface area contributed by atoms with Crippen molar-refractivity contribution in [2.75, 3.05) is 26.2 Å². The van der Waals surface area contributed by atoms with Crippen LogP contribution in [0.25, 0.3) is 0 Å². The Morgan fingerprint density at radius 3 is 1.93 bits per heavy atom. The summed E-state index contributed by atoms with van der Waals surface area (Å²) in [7, 11) is 0. The van der Waals surface area contributed by atoms with E-state index in [1.165, 1.54) is 0 Å². The van der Waals surface area contributed by atoms with Crippen LogP contribution in [0.3, 0.4) is 0 Å². The van der Waals surface area contributed by atoms with Gasteiger partial charge in [0.15, 0.2) is 0 Å². The molecule has 0 spiro atoms. The highest BCUT2D eigenvalue weighted by atomic mass is 19.2. The van der Waals surface area contributed by atoms with Crippen LogP contribution in [-0.2, 0) is 18.0 Å². The minimum Gasteiger partial charge on any atom is -0.508 e. The fourth-order valence-corrected chi connectivity index (χ4v) is 4.16. The number of nitrogens with one attached hydrogen (secondary N) is 1. The number of ether oxygens (including phenoxy) is 2. The van der Waals surface area contributed by atoms with Crippen molar-refractivity contribution in [3.8, 4) is 17.2 Å². The number of benzene rings is 3. The fraction of sp³-hybridized carbons (Fsp3) is 0.387. The number of carbonyl (C=O) groups excluding carboxylic acids is 1. The van der Waals surface area contributed by atoms with Crippen molar-refractivity contribution in [3.63, 3.8) is 0 Å². The monoisotopic (exact) mass is 644 g/mol. The van der Waals surface area contributed by atoms with Crippen molar-refractivity contribution in [2.24, 2.45) is 5.92 Å². The molecule has 0 aromatic heterocycles. The molecule has 246 valence electrons. The van der Waals surface area contributed by atoms with Crippen molar-refractivity contribution in [2.45, 2.75) is 45.4 Å². The number of aromatic hydroxyl groups is 2. The maximum Gasteiger partial charge on any atom is 0.410 e. The summed E-state index contributed by atoms with van der Waals surface area (Å²) in [5, 5.41) is 28.8. The number of phenolic OH excluding ortho intramolecular Hbond substituents is 2. The highest BCUT2D eigenvalue weighted by Gasteiger charge is 2.27. The van der Waals surface area contributed by atoms with Crippen LogP contribution in [0.2, 0.25) is 0 Å². The number of aliphatic hydroxyl groups is 1. The Balaban J connectivity index is 0.000000226. The van der Waals surface area contributed by atoms with Crippen LogP contribution in [0, 0.1) is 40.8 Å². The number of phenols is 2. The SMILES string of the molecule is CC[C@@H]1CNCCN1C(=O)OCc1c(F)cc(OCC2CC2)cc1F.OCc1c(F)cc(O)cc1F.Oc1cc(F)cc(F)c1. The molecule has 3 aromatic carbocycles. The molecule has 14 heteroatoms. The Morgan fingerprint density at radius 2 is 1.42 bits per heavy atom. The first-order valence-corrected chi connectivity index (χ1v) is 14.1. The van der Waals surface area contributed by atoms with Gasteiger partial charge in [-0.3, -0.25) is 0 Å². The van der Waals surface area contributed by atoms with Gasteiger partial charge in [-0.05, 0) is 25.2 Å². The summed E-state index contributed by atoms with van der Waals surface area (Å²) in [4.78, 5) is 13.8. The molecule has 2 fully saturated rings. The van der Waals surface area contributed by atoms with E-state index in [0.717, 1.165) is 55.7 Å². The molecule has 1 aliphatic heterocycles. The molecule has 2 aliphatic rings. The Morgan fingerprint density at radius 1 is 0.867 bits per heavy atom. The van der Waals surface area contributed by atoms with Crippen molar-refractivity contribution < 1.29 is 55.9 Å². The number of aliphatic hydroxyl groups excluding tert-OH is 1. The van der Waals surface area contributed by atoms with Crippen molar-refractivity contribution in [1.29, 1.82) is 0 Å². The number of halogens is 6. The van der Waals surface area contributed by atoms with E-state index in [9.17, 15) is 31.1 Å². The Labute approximate surface area is 255 Å². The van der Waals surface area contributed by atoms with E-state index in [-0.39, 0.29) is 17.4 Å². The Kier molecular flexibility index (Phi) is 13.2. The number of hydrogen-bond acceptors (Lipinski definition) is 7. The fourth-order valence-electron chi connectivity index (χ4n) is 4.16. The zero-order chi connectivity index (χ0) is 33.1. The first-order valence-electron chi connectivity index (χ1n) is 14.1. The van der Waals surface area contributed by atoms with Gasteiger partial charge in [-0.25, -0.2) is 31.1 Å². The highest BCUT2D eigenvalue weighted by Crippen LogP contribution is 2.30. The number of hydrogen-bond donors (Lipinski definition) is 4. The molecule has 8 nitrogen and oxygen atoms in total. The van der Waals surface area contributed by atoms with Crippen molar-refractivity contribution in [1.82, 2.24) is 10.2 Å². The third-order valence-corrected chi connectivity index (χ3v) is 6.82. The topological polar surface area (TPSA) is 111 Å². The van der Waals surface area contributed by atoms with Gasteiger partial charge in [0.05, 0.1) is 18.8 Å². The lowest BCUT2D eigenvalue weighted by atomic mass is 10.1. The number of carbonyl (C=O) groups is 1. The average Bonchev–Trinajstić information content (AvgIpc) is 3.80. The van der Waals surface area contributed by atoms with Gasteiger partial charge in [-0.15, -0.1) is 0 Å². The molecule has 1 saturated carbocycles. The molecule has 1 amide bonds. The summed E-state index contributed by atoms with van der Waals surface area (Å²) in [6.07, 6.45) is 2.45. The first kappa shape index (κ1) is 35.3. The predicted octanol–water partition coefficient (Wildman–Crippen LogP) is 5.91. The average molecular weight is 645 g/mol. The van der Waals surface area contributed by atoms with Gasteiger partial charge < -0.3 is 35.0 Å². The van der Waals surface area contributed by atoms with Gasteiger partial charge in [0.1, 0.15) is 58.8 Å². The van der Waals surface area contributed by atoms with Crippen LogP contribution in [0.15, 0.2) is 42.5 Å². The smallest absolute Gasteiger partial charge is 0.410 e. The Hall–Kier alpha value is -4.17.